The Morgan fingerprint density at radius 2 is 2.09 bits per heavy atom. The van der Waals surface area contributed by atoms with Crippen LogP contribution in [0.15, 0.2) is 42.6 Å². The van der Waals surface area contributed by atoms with Gasteiger partial charge < -0.3 is 9.88 Å². The van der Waals surface area contributed by atoms with Crippen LogP contribution in [0.25, 0.3) is 0 Å². The van der Waals surface area contributed by atoms with Gasteiger partial charge in [0.05, 0.1) is 10.5 Å². The number of nitro groups is 1. The van der Waals surface area contributed by atoms with Crippen LogP contribution < -0.4 is 5.32 Å². The average Bonchev–Trinajstić information content (AvgIpc) is 3.18. The topological polar surface area (TPSA) is 63.3 Å². The van der Waals surface area contributed by atoms with E-state index in [9.17, 15) is 10.1 Å². The number of non-ortho nitro benzene ring substituents is 1. The Hall–Kier alpha value is -2.18. The molecule has 6 heteroatoms. The van der Waals surface area contributed by atoms with Gasteiger partial charge in [0.15, 0.2) is 0 Å². The summed E-state index contributed by atoms with van der Waals surface area (Å²) in [5, 5.41) is 14.3. The van der Waals surface area contributed by atoms with Gasteiger partial charge >= 0.3 is 0 Å². The molecule has 1 atom stereocenters. The van der Waals surface area contributed by atoms with E-state index in [0.29, 0.717) is 0 Å². The van der Waals surface area contributed by atoms with E-state index in [-0.39, 0.29) is 16.1 Å². The largest absolute Gasteiger partial charge is 0.342 e. The second-order valence-electron chi connectivity index (χ2n) is 6.59. The predicted molar refractivity (Wildman–Crippen MR) is 87.1 cm³/mol. The van der Waals surface area contributed by atoms with Gasteiger partial charge in [-0.2, -0.15) is 0 Å². The molecule has 0 saturated carbocycles. The van der Waals surface area contributed by atoms with E-state index in [2.05, 4.69) is 33.1 Å². The van der Waals surface area contributed by atoms with E-state index in [4.69, 9.17) is 0 Å². The van der Waals surface area contributed by atoms with E-state index in [0.717, 1.165) is 44.7 Å². The van der Waals surface area contributed by atoms with Crippen LogP contribution in [0.2, 0.25) is 0 Å². The van der Waals surface area contributed by atoms with Crippen molar-refractivity contribution in [3.63, 3.8) is 0 Å². The van der Waals surface area contributed by atoms with Gasteiger partial charge in [-0.3, -0.25) is 15.0 Å². The molecule has 120 valence electrons. The molecule has 0 bridgehead atoms. The SMILES string of the molecule is O=[N+]([O-])c1ccc(CN2Cc3cccn3C3(CCNC3)C2)cc1. The lowest BCUT2D eigenvalue weighted by Gasteiger charge is -2.42. The molecular formula is C17H20N4O2. The number of benzene rings is 1. The molecule has 0 radical (unpaired) electrons. The minimum atomic E-state index is -0.350. The highest BCUT2D eigenvalue weighted by Gasteiger charge is 2.41. The van der Waals surface area contributed by atoms with Crippen LogP contribution in [0.3, 0.4) is 0 Å². The average molecular weight is 312 g/mol. The van der Waals surface area contributed by atoms with Crippen LogP contribution in [0.1, 0.15) is 17.7 Å². The van der Waals surface area contributed by atoms with E-state index < -0.39 is 0 Å². The highest BCUT2D eigenvalue weighted by atomic mass is 16.6. The third kappa shape index (κ3) is 2.54. The monoisotopic (exact) mass is 312 g/mol. The van der Waals surface area contributed by atoms with Gasteiger partial charge in [0, 0.05) is 50.2 Å². The third-order valence-electron chi connectivity index (χ3n) is 5.02. The Balaban J connectivity index is 1.55. The molecule has 1 aromatic heterocycles. The van der Waals surface area contributed by atoms with Gasteiger partial charge in [-0.05, 0) is 30.7 Å². The van der Waals surface area contributed by atoms with E-state index in [1.54, 1.807) is 12.1 Å². The van der Waals surface area contributed by atoms with Gasteiger partial charge in [0.25, 0.3) is 5.69 Å². The third-order valence-corrected chi connectivity index (χ3v) is 5.02. The number of nitro benzene ring substituents is 1. The quantitative estimate of drug-likeness (QED) is 0.696. The fraction of sp³-hybridized carbons (Fsp3) is 0.412. The van der Waals surface area contributed by atoms with Gasteiger partial charge in [0.2, 0.25) is 0 Å². The lowest BCUT2D eigenvalue weighted by Crippen LogP contribution is -2.50. The Labute approximate surface area is 134 Å². The Kier molecular flexibility index (Phi) is 3.43. The van der Waals surface area contributed by atoms with Crippen LogP contribution in [0.4, 0.5) is 5.69 Å². The molecule has 1 saturated heterocycles. The summed E-state index contributed by atoms with van der Waals surface area (Å²) >= 11 is 0. The summed E-state index contributed by atoms with van der Waals surface area (Å²) in [5.41, 5.74) is 2.77. The summed E-state index contributed by atoms with van der Waals surface area (Å²) in [7, 11) is 0. The number of hydrogen-bond acceptors (Lipinski definition) is 4. The first-order valence-corrected chi connectivity index (χ1v) is 7.99. The molecule has 0 aliphatic carbocycles. The number of fused-ring (bicyclic) bond motifs is 2. The summed E-state index contributed by atoms with van der Waals surface area (Å²) in [6.45, 7) is 4.82. The molecule has 2 aromatic rings. The molecule has 1 aromatic carbocycles. The molecule has 2 aliphatic rings. The highest BCUT2D eigenvalue weighted by Crippen LogP contribution is 2.33. The lowest BCUT2D eigenvalue weighted by molar-refractivity contribution is -0.384. The second kappa shape index (κ2) is 5.47. The van der Waals surface area contributed by atoms with Crippen molar-refractivity contribution in [1.29, 1.82) is 0 Å². The highest BCUT2D eigenvalue weighted by molar-refractivity contribution is 5.33. The molecule has 1 N–H and O–H groups in total. The number of aromatic nitrogens is 1. The Morgan fingerprint density at radius 3 is 2.78 bits per heavy atom. The fourth-order valence-electron chi connectivity index (χ4n) is 3.95. The van der Waals surface area contributed by atoms with Crippen molar-refractivity contribution in [2.24, 2.45) is 0 Å². The summed E-state index contributed by atoms with van der Waals surface area (Å²) in [6.07, 6.45) is 3.34. The standard InChI is InChI=1S/C17H20N4O2/c22-21(23)15-5-3-14(4-6-15)10-19-11-16-2-1-9-20(16)17(13-19)7-8-18-12-17/h1-6,9,18H,7-8,10-13H2. The first kappa shape index (κ1) is 14.4. The van der Waals surface area contributed by atoms with Crippen molar-refractivity contribution >= 4 is 5.69 Å². The zero-order valence-corrected chi connectivity index (χ0v) is 12.9. The minimum absolute atomic E-state index is 0.151. The maximum absolute atomic E-state index is 10.8. The summed E-state index contributed by atoms with van der Waals surface area (Å²) in [5.74, 6) is 0. The lowest BCUT2D eigenvalue weighted by atomic mass is 9.94. The van der Waals surface area contributed by atoms with Crippen molar-refractivity contribution in [1.82, 2.24) is 14.8 Å². The van der Waals surface area contributed by atoms with E-state index >= 15 is 0 Å². The second-order valence-corrected chi connectivity index (χ2v) is 6.59. The van der Waals surface area contributed by atoms with Crippen molar-refractivity contribution in [3.05, 3.63) is 64.0 Å². The summed E-state index contributed by atoms with van der Waals surface area (Å²) in [6, 6.07) is 11.2. The predicted octanol–water partition coefficient (Wildman–Crippen LogP) is 2.10. The van der Waals surface area contributed by atoms with Crippen LogP contribution in [-0.4, -0.2) is 34.0 Å². The minimum Gasteiger partial charge on any atom is -0.342 e. The molecule has 1 fully saturated rings. The smallest absolute Gasteiger partial charge is 0.269 e. The summed E-state index contributed by atoms with van der Waals surface area (Å²) in [4.78, 5) is 12.9. The normalized spacial score (nSPS) is 24.0. The zero-order valence-electron chi connectivity index (χ0n) is 12.9. The van der Waals surface area contributed by atoms with Gasteiger partial charge in [-0.1, -0.05) is 12.1 Å². The van der Waals surface area contributed by atoms with Crippen molar-refractivity contribution in [2.45, 2.75) is 25.0 Å². The number of hydrogen-bond donors (Lipinski definition) is 1. The maximum Gasteiger partial charge on any atom is 0.269 e. The molecule has 6 nitrogen and oxygen atoms in total. The van der Waals surface area contributed by atoms with Crippen LogP contribution in [0.5, 0.6) is 0 Å². The van der Waals surface area contributed by atoms with Crippen molar-refractivity contribution < 1.29 is 4.92 Å². The Morgan fingerprint density at radius 1 is 1.26 bits per heavy atom. The number of nitrogens with zero attached hydrogens (tertiary/aromatic N) is 3. The number of nitrogens with one attached hydrogen (secondary N) is 1. The summed E-state index contributed by atoms with van der Waals surface area (Å²) < 4.78 is 2.44. The molecular weight excluding hydrogens is 292 g/mol. The van der Waals surface area contributed by atoms with E-state index in [1.807, 2.05) is 12.1 Å². The van der Waals surface area contributed by atoms with E-state index in [1.165, 1.54) is 5.69 Å². The molecule has 0 amide bonds. The first-order valence-electron chi connectivity index (χ1n) is 7.99. The molecule has 2 aliphatic heterocycles. The molecule has 3 heterocycles. The van der Waals surface area contributed by atoms with Crippen molar-refractivity contribution in [2.75, 3.05) is 19.6 Å². The molecule has 1 spiro atoms. The molecule has 4 rings (SSSR count). The first-order chi connectivity index (χ1) is 11.2. The van der Waals surface area contributed by atoms with Gasteiger partial charge in [-0.25, -0.2) is 0 Å². The van der Waals surface area contributed by atoms with Crippen LogP contribution >= 0.6 is 0 Å². The zero-order chi connectivity index (χ0) is 15.9. The number of rotatable bonds is 3. The van der Waals surface area contributed by atoms with Crippen LogP contribution in [0, 0.1) is 10.1 Å². The van der Waals surface area contributed by atoms with Gasteiger partial charge in [0.1, 0.15) is 0 Å². The Bertz CT molecular complexity index is 716. The van der Waals surface area contributed by atoms with Crippen molar-refractivity contribution in [3.8, 4) is 0 Å². The molecule has 1 unspecified atom stereocenters. The fourth-order valence-corrected chi connectivity index (χ4v) is 3.95. The van der Waals surface area contributed by atoms with Gasteiger partial charge in [-0.15, -0.1) is 0 Å². The van der Waals surface area contributed by atoms with Crippen LogP contribution in [-0.2, 0) is 18.6 Å². The maximum atomic E-state index is 10.8. The molecule has 23 heavy (non-hydrogen) atoms.